The van der Waals surface area contributed by atoms with Gasteiger partial charge in [0.25, 0.3) is 0 Å². The van der Waals surface area contributed by atoms with E-state index in [1.807, 2.05) is 48.5 Å². The van der Waals surface area contributed by atoms with Crippen LogP contribution >= 0.6 is 23.4 Å². The minimum Gasteiger partial charge on any atom is -0.325 e. The molecule has 0 aliphatic heterocycles. The number of hydrogen-bond acceptors (Lipinski definition) is 2. The lowest BCUT2D eigenvalue weighted by Crippen LogP contribution is -2.52. The van der Waals surface area contributed by atoms with Gasteiger partial charge in [0.1, 0.15) is 0 Å². The summed E-state index contributed by atoms with van der Waals surface area (Å²) in [5, 5.41) is 3.56. The van der Waals surface area contributed by atoms with E-state index < -0.39 is 0 Å². The molecule has 4 bridgehead atoms. The van der Waals surface area contributed by atoms with Crippen LogP contribution in [0.15, 0.2) is 54.6 Å². The summed E-state index contributed by atoms with van der Waals surface area (Å²) in [5.41, 5.74) is 1.43. The molecule has 2 aromatic carbocycles. The van der Waals surface area contributed by atoms with Crippen LogP contribution in [0.3, 0.4) is 0 Å². The van der Waals surface area contributed by atoms with Crippen LogP contribution < -0.4 is 9.74 Å². The van der Waals surface area contributed by atoms with E-state index >= 15 is 0 Å². The highest BCUT2D eigenvalue weighted by Crippen LogP contribution is 2.64. The summed E-state index contributed by atoms with van der Waals surface area (Å²) in [4.78, 5) is 25.9. The molecule has 6 rings (SSSR count). The van der Waals surface area contributed by atoms with Gasteiger partial charge in [-0.15, -0.1) is 0 Å². The summed E-state index contributed by atoms with van der Waals surface area (Å²) >= 11 is 12.6. The van der Waals surface area contributed by atoms with Crippen LogP contribution in [0.4, 0.5) is 11.4 Å². The van der Waals surface area contributed by atoms with E-state index in [0.717, 1.165) is 24.9 Å². The number of benzene rings is 2. The Balaban J connectivity index is 1.25. The Morgan fingerprint density at radius 3 is 2.31 bits per heavy atom. The fourth-order valence-corrected chi connectivity index (χ4v) is 7.27. The van der Waals surface area contributed by atoms with Crippen molar-refractivity contribution in [2.75, 3.05) is 9.74 Å². The third-order valence-electron chi connectivity index (χ3n) is 7.89. The first-order chi connectivity index (χ1) is 15.4. The minimum atomic E-state index is -0.0205. The Hall–Kier alpha value is -2.04. The number of para-hydroxylation sites is 2. The number of amides is 2. The van der Waals surface area contributed by atoms with Gasteiger partial charge in [0.05, 0.1) is 16.4 Å². The number of anilines is 2. The lowest BCUT2D eigenvalue weighted by Gasteiger charge is -2.60. The number of carbonyl (C=O) groups excluding carboxylic acids is 2. The predicted molar refractivity (Wildman–Crippen MR) is 129 cm³/mol. The Labute approximate surface area is 199 Å². The van der Waals surface area contributed by atoms with Crippen molar-refractivity contribution in [3.8, 4) is 0 Å². The van der Waals surface area contributed by atoms with Crippen LogP contribution in [0.5, 0.6) is 0 Å². The van der Waals surface area contributed by atoms with E-state index in [2.05, 4.69) is 5.32 Å². The average Bonchev–Trinajstić information content (AvgIpc) is 2.77. The van der Waals surface area contributed by atoms with Crippen LogP contribution in [-0.2, 0) is 9.59 Å². The van der Waals surface area contributed by atoms with Gasteiger partial charge in [-0.2, -0.15) is 0 Å². The van der Waals surface area contributed by atoms with Crippen molar-refractivity contribution in [2.45, 2.75) is 44.9 Å². The summed E-state index contributed by atoms with van der Waals surface area (Å²) < 4.78 is 1.28. The molecule has 4 aliphatic rings. The molecular formula is C26H28Cl2N2O2. The highest BCUT2D eigenvalue weighted by molar-refractivity contribution is 6.36. The molecule has 1 N–H and O–H groups in total. The van der Waals surface area contributed by atoms with Gasteiger partial charge in [-0.05, 0) is 85.5 Å². The number of halogens is 2. The van der Waals surface area contributed by atoms with Crippen molar-refractivity contribution in [3.05, 3.63) is 59.6 Å². The van der Waals surface area contributed by atoms with Crippen molar-refractivity contribution in [1.82, 2.24) is 0 Å². The molecule has 2 amide bonds. The Morgan fingerprint density at radius 2 is 1.62 bits per heavy atom. The highest BCUT2D eigenvalue weighted by atomic mass is 35.5. The minimum absolute atomic E-state index is 0.0205. The maximum atomic E-state index is 13.0. The molecule has 4 nitrogen and oxygen atoms in total. The molecule has 0 heterocycles. The summed E-state index contributed by atoms with van der Waals surface area (Å²) in [5.74, 6) is 2.09. The third kappa shape index (κ3) is 4.27. The second-order valence-corrected chi connectivity index (χ2v) is 10.8. The van der Waals surface area contributed by atoms with Gasteiger partial charge in [-0.3, -0.25) is 9.59 Å². The normalized spacial score (nSPS) is 30.2. The van der Waals surface area contributed by atoms with Crippen LogP contribution in [0, 0.1) is 29.1 Å². The van der Waals surface area contributed by atoms with Gasteiger partial charge in [-0.1, -0.05) is 41.9 Å². The first kappa shape index (κ1) is 21.8. The van der Waals surface area contributed by atoms with Gasteiger partial charge in [0.2, 0.25) is 11.8 Å². The molecule has 4 aliphatic carbocycles. The van der Waals surface area contributed by atoms with Crippen LogP contribution in [0.2, 0.25) is 5.02 Å². The topological polar surface area (TPSA) is 49.4 Å². The summed E-state index contributed by atoms with van der Waals surface area (Å²) in [6, 6.07) is 16.8. The first-order valence-electron chi connectivity index (χ1n) is 11.5. The van der Waals surface area contributed by atoms with Crippen molar-refractivity contribution >= 4 is 46.6 Å². The Morgan fingerprint density at radius 1 is 0.969 bits per heavy atom. The molecule has 6 heteroatoms. The largest absolute Gasteiger partial charge is 0.325 e. The summed E-state index contributed by atoms with van der Waals surface area (Å²) in [6.45, 7) is 0. The predicted octanol–water partition coefficient (Wildman–Crippen LogP) is 6.69. The molecule has 0 saturated heterocycles. The Bertz CT molecular complexity index is 996. The van der Waals surface area contributed by atoms with Gasteiger partial charge in [-0.25, -0.2) is 4.42 Å². The molecule has 32 heavy (non-hydrogen) atoms. The number of rotatable bonds is 6. The van der Waals surface area contributed by atoms with Crippen LogP contribution in [0.25, 0.3) is 0 Å². The molecule has 4 saturated carbocycles. The lowest BCUT2D eigenvalue weighted by molar-refractivity contribution is -0.136. The summed E-state index contributed by atoms with van der Waals surface area (Å²) in [7, 11) is 0. The van der Waals surface area contributed by atoms with E-state index in [4.69, 9.17) is 23.4 Å². The number of nitrogens with one attached hydrogen (secondary N) is 1. The van der Waals surface area contributed by atoms with E-state index in [-0.39, 0.29) is 17.2 Å². The third-order valence-corrected chi connectivity index (χ3v) is 8.61. The van der Waals surface area contributed by atoms with E-state index in [0.29, 0.717) is 47.2 Å². The highest BCUT2D eigenvalue weighted by Gasteiger charge is 2.56. The molecule has 2 atom stereocenters. The molecule has 2 aromatic rings. The van der Waals surface area contributed by atoms with E-state index in [1.165, 1.54) is 17.3 Å². The standard InChI is InChI=1S/C26H28Cl2N2O2/c27-22-8-4-5-9-23(22)29-24(31)12-21-18-10-17-11-19(21)15-26(13-17,14-18)16-25(32)30(28)20-6-2-1-3-7-20/h1-9,17-19,21H,10-16H2,(H,29,31). The van der Waals surface area contributed by atoms with Crippen molar-refractivity contribution in [2.24, 2.45) is 29.1 Å². The second-order valence-electron chi connectivity index (χ2n) is 10.1. The zero-order valence-corrected chi connectivity index (χ0v) is 19.5. The van der Waals surface area contributed by atoms with Gasteiger partial charge >= 0.3 is 0 Å². The molecule has 2 unspecified atom stereocenters. The fourth-order valence-electron chi connectivity index (χ4n) is 6.92. The maximum absolute atomic E-state index is 13.0. The molecule has 0 radical (unpaired) electrons. The zero-order chi connectivity index (χ0) is 22.3. The van der Waals surface area contributed by atoms with Crippen molar-refractivity contribution in [3.63, 3.8) is 0 Å². The molecule has 0 spiro atoms. The molecule has 4 fully saturated rings. The smallest absolute Gasteiger partial charge is 0.242 e. The molecule has 168 valence electrons. The SMILES string of the molecule is O=C(CC1C2CC3CC1CC(CC(=O)N(Cl)c1ccccc1)(C3)C2)Nc1ccccc1Cl. The number of carbonyl (C=O) groups is 2. The fraction of sp³-hybridized carbons (Fsp3) is 0.462. The first-order valence-corrected chi connectivity index (χ1v) is 12.2. The van der Waals surface area contributed by atoms with E-state index in [1.54, 1.807) is 6.07 Å². The average molecular weight is 471 g/mol. The zero-order valence-electron chi connectivity index (χ0n) is 18.0. The van der Waals surface area contributed by atoms with Crippen molar-refractivity contribution in [1.29, 1.82) is 0 Å². The quantitative estimate of drug-likeness (QED) is 0.478. The lowest BCUT2D eigenvalue weighted by atomic mass is 9.45. The molecular weight excluding hydrogens is 443 g/mol. The van der Waals surface area contributed by atoms with E-state index in [9.17, 15) is 9.59 Å². The number of hydrogen-bond donors (Lipinski definition) is 1. The Kier molecular flexibility index (Phi) is 5.94. The number of nitrogens with zero attached hydrogens (tertiary/aromatic N) is 1. The monoisotopic (exact) mass is 470 g/mol. The maximum Gasteiger partial charge on any atom is 0.242 e. The second kappa shape index (κ2) is 8.72. The molecule has 0 aromatic heterocycles. The van der Waals surface area contributed by atoms with Crippen molar-refractivity contribution < 1.29 is 9.59 Å². The van der Waals surface area contributed by atoms with Crippen LogP contribution in [0.1, 0.15) is 44.9 Å². The van der Waals surface area contributed by atoms with Gasteiger partial charge in [0, 0.05) is 24.6 Å². The van der Waals surface area contributed by atoms with Crippen LogP contribution in [-0.4, -0.2) is 11.8 Å². The van der Waals surface area contributed by atoms with Gasteiger partial charge in [0.15, 0.2) is 0 Å². The summed E-state index contributed by atoms with van der Waals surface area (Å²) in [6.07, 6.45) is 6.55. The van der Waals surface area contributed by atoms with Gasteiger partial charge < -0.3 is 5.32 Å².